The highest BCUT2D eigenvalue weighted by Gasteiger charge is 2.09. The number of benzene rings is 1. The molecule has 2 heterocycles. The Morgan fingerprint density at radius 1 is 1.24 bits per heavy atom. The van der Waals surface area contributed by atoms with Crippen LogP contribution in [0.1, 0.15) is 5.56 Å². The summed E-state index contributed by atoms with van der Waals surface area (Å²) in [6, 6.07) is 5.92. The van der Waals surface area contributed by atoms with E-state index < -0.39 is 0 Å². The van der Waals surface area contributed by atoms with E-state index in [2.05, 4.69) is 15.0 Å². The molecule has 0 amide bonds. The number of nitrogens with zero attached hydrogens (tertiary/aromatic N) is 3. The van der Waals surface area contributed by atoms with Crippen molar-refractivity contribution in [3.63, 3.8) is 0 Å². The zero-order chi connectivity index (χ0) is 11.8. The molecule has 0 spiro atoms. The molecule has 2 aromatic heterocycles. The van der Waals surface area contributed by atoms with Gasteiger partial charge in [-0.05, 0) is 18.6 Å². The average Bonchev–Trinajstić information content (AvgIpc) is 2.84. The number of aryl methyl sites for hydroxylation is 1. The monoisotopic (exact) mass is 242 g/mol. The Bertz CT molecular complexity index is 676. The second kappa shape index (κ2) is 3.78. The molecule has 1 aromatic carbocycles. The van der Waals surface area contributed by atoms with Gasteiger partial charge in [0, 0.05) is 11.6 Å². The van der Waals surface area contributed by atoms with E-state index in [1.54, 1.807) is 11.7 Å². The zero-order valence-electron chi connectivity index (χ0n) is 9.21. The maximum atomic E-state index is 5.97. The van der Waals surface area contributed by atoms with E-state index in [4.69, 9.17) is 5.73 Å². The summed E-state index contributed by atoms with van der Waals surface area (Å²) >= 11 is 1.51. The Hall–Kier alpha value is -2.01. The summed E-state index contributed by atoms with van der Waals surface area (Å²) in [5.41, 5.74) is 9.73. The van der Waals surface area contributed by atoms with Gasteiger partial charge in [0.2, 0.25) is 0 Å². The molecule has 0 bridgehead atoms. The predicted molar refractivity (Wildman–Crippen MR) is 69.8 cm³/mol. The molecule has 0 fully saturated rings. The first kappa shape index (κ1) is 10.2. The van der Waals surface area contributed by atoms with Crippen molar-refractivity contribution in [2.75, 3.05) is 5.73 Å². The molecule has 5 heteroatoms. The molecule has 0 aliphatic heterocycles. The third-order valence-corrected chi connectivity index (χ3v) is 3.38. The fourth-order valence-corrected chi connectivity index (χ4v) is 2.31. The van der Waals surface area contributed by atoms with Gasteiger partial charge in [-0.25, -0.2) is 9.97 Å². The van der Waals surface area contributed by atoms with Crippen molar-refractivity contribution in [2.24, 2.45) is 0 Å². The van der Waals surface area contributed by atoms with Gasteiger partial charge in [0.05, 0.1) is 15.9 Å². The van der Waals surface area contributed by atoms with E-state index >= 15 is 0 Å². The van der Waals surface area contributed by atoms with Crippen molar-refractivity contribution < 1.29 is 0 Å². The maximum absolute atomic E-state index is 5.97. The first-order valence-electron chi connectivity index (χ1n) is 5.17. The fourth-order valence-electron chi connectivity index (χ4n) is 1.76. The first-order valence-corrected chi connectivity index (χ1v) is 6.05. The molecule has 0 unspecified atom stereocenters. The van der Waals surface area contributed by atoms with E-state index in [0.717, 1.165) is 21.3 Å². The second-order valence-corrected chi connectivity index (χ2v) is 4.66. The average molecular weight is 242 g/mol. The molecule has 3 aromatic rings. The Morgan fingerprint density at radius 2 is 2.12 bits per heavy atom. The Morgan fingerprint density at radius 3 is 2.88 bits per heavy atom. The molecule has 2 N–H and O–H groups in total. The molecular formula is C12H10N4S. The minimum absolute atomic E-state index is 0.516. The normalized spacial score (nSPS) is 10.9. The Balaban J connectivity index is 2.34. The number of rotatable bonds is 1. The van der Waals surface area contributed by atoms with Gasteiger partial charge in [-0.2, -0.15) is 0 Å². The van der Waals surface area contributed by atoms with E-state index in [9.17, 15) is 0 Å². The van der Waals surface area contributed by atoms with Gasteiger partial charge in [0.15, 0.2) is 5.82 Å². The molecule has 0 saturated carbocycles. The number of hydrogen-bond acceptors (Lipinski definition) is 5. The number of nitrogens with two attached hydrogens (primary N) is 1. The minimum Gasteiger partial charge on any atom is -0.383 e. The minimum atomic E-state index is 0.516. The molecule has 84 valence electrons. The topological polar surface area (TPSA) is 64.7 Å². The zero-order valence-corrected chi connectivity index (χ0v) is 10.0. The van der Waals surface area contributed by atoms with Crippen molar-refractivity contribution in [3.05, 3.63) is 35.5 Å². The lowest BCUT2D eigenvalue weighted by Crippen LogP contribution is -1.98. The lowest BCUT2D eigenvalue weighted by molar-refractivity contribution is 1.23. The number of anilines is 1. The van der Waals surface area contributed by atoms with E-state index in [-0.39, 0.29) is 0 Å². The van der Waals surface area contributed by atoms with Crippen LogP contribution in [0, 0.1) is 6.92 Å². The van der Waals surface area contributed by atoms with Crippen LogP contribution in [0.4, 0.5) is 5.82 Å². The van der Waals surface area contributed by atoms with Crippen LogP contribution in [0.25, 0.3) is 21.6 Å². The summed E-state index contributed by atoms with van der Waals surface area (Å²) in [5.74, 6) is 1.16. The summed E-state index contributed by atoms with van der Waals surface area (Å²) in [5, 5.41) is 0.901. The van der Waals surface area contributed by atoms with E-state index in [1.165, 1.54) is 11.3 Å². The van der Waals surface area contributed by atoms with Crippen LogP contribution in [0.2, 0.25) is 0 Å². The highest BCUT2D eigenvalue weighted by molar-refractivity contribution is 7.13. The van der Waals surface area contributed by atoms with Crippen molar-refractivity contribution in [1.82, 2.24) is 15.0 Å². The molecule has 0 atom stereocenters. The SMILES string of the molecule is Cc1cccc2c(N)nc(-c3cncs3)nc12. The quantitative estimate of drug-likeness (QED) is 0.712. The third-order valence-electron chi connectivity index (χ3n) is 2.61. The van der Waals surface area contributed by atoms with Crippen molar-refractivity contribution >= 4 is 28.1 Å². The second-order valence-electron chi connectivity index (χ2n) is 3.77. The van der Waals surface area contributed by atoms with Crippen LogP contribution in [0.3, 0.4) is 0 Å². The number of fused-ring (bicyclic) bond motifs is 1. The lowest BCUT2D eigenvalue weighted by Gasteiger charge is -2.05. The van der Waals surface area contributed by atoms with Crippen LogP contribution in [0.15, 0.2) is 29.9 Å². The molecule has 0 aliphatic rings. The third kappa shape index (κ3) is 1.64. The molecule has 0 saturated heterocycles. The summed E-state index contributed by atoms with van der Waals surface area (Å²) in [7, 11) is 0. The van der Waals surface area contributed by atoms with Gasteiger partial charge < -0.3 is 5.73 Å². The van der Waals surface area contributed by atoms with Crippen molar-refractivity contribution in [2.45, 2.75) is 6.92 Å². The van der Waals surface area contributed by atoms with Gasteiger partial charge in [0.1, 0.15) is 5.82 Å². The smallest absolute Gasteiger partial charge is 0.173 e. The highest BCUT2D eigenvalue weighted by atomic mass is 32.1. The van der Waals surface area contributed by atoms with Crippen LogP contribution >= 0.6 is 11.3 Å². The van der Waals surface area contributed by atoms with Gasteiger partial charge >= 0.3 is 0 Å². The molecule has 0 aliphatic carbocycles. The lowest BCUT2D eigenvalue weighted by atomic mass is 10.1. The van der Waals surface area contributed by atoms with Crippen molar-refractivity contribution in [1.29, 1.82) is 0 Å². The van der Waals surface area contributed by atoms with Crippen molar-refractivity contribution in [3.8, 4) is 10.7 Å². The Kier molecular flexibility index (Phi) is 2.26. The summed E-state index contributed by atoms with van der Waals surface area (Å²) < 4.78 is 0. The van der Waals surface area contributed by atoms with E-state index in [0.29, 0.717) is 11.6 Å². The number of para-hydroxylation sites is 1. The fraction of sp³-hybridized carbons (Fsp3) is 0.0833. The largest absolute Gasteiger partial charge is 0.383 e. The summed E-state index contributed by atoms with van der Waals surface area (Å²) in [6.07, 6.45) is 1.75. The molecule has 4 nitrogen and oxygen atoms in total. The number of thiazole rings is 1. The molecule has 0 radical (unpaired) electrons. The summed E-state index contributed by atoms with van der Waals surface area (Å²) in [6.45, 7) is 2.02. The Labute approximate surface area is 102 Å². The maximum Gasteiger partial charge on any atom is 0.173 e. The summed E-state index contributed by atoms with van der Waals surface area (Å²) in [4.78, 5) is 13.8. The molecule has 3 rings (SSSR count). The van der Waals surface area contributed by atoms with Crippen LogP contribution in [-0.2, 0) is 0 Å². The molecule has 17 heavy (non-hydrogen) atoms. The van der Waals surface area contributed by atoms with E-state index in [1.807, 2.05) is 25.1 Å². The number of nitrogen functional groups attached to an aromatic ring is 1. The first-order chi connectivity index (χ1) is 8.25. The number of aromatic nitrogens is 3. The number of hydrogen-bond donors (Lipinski definition) is 1. The highest BCUT2D eigenvalue weighted by Crippen LogP contribution is 2.26. The van der Waals surface area contributed by atoms with Gasteiger partial charge in [0.25, 0.3) is 0 Å². The van der Waals surface area contributed by atoms with Crippen LogP contribution in [-0.4, -0.2) is 15.0 Å². The van der Waals surface area contributed by atoms with Gasteiger partial charge in [-0.1, -0.05) is 12.1 Å². The predicted octanol–water partition coefficient (Wildman–Crippen LogP) is 2.64. The van der Waals surface area contributed by atoms with Gasteiger partial charge in [-0.15, -0.1) is 11.3 Å². The van der Waals surface area contributed by atoms with Crippen LogP contribution < -0.4 is 5.73 Å². The van der Waals surface area contributed by atoms with Gasteiger partial charge in [-0.3, -0.25) is 4.98 Å². The standard InChI is InChI=1S/C12H10N4S/c1-7-3-2-4-8-10(7)15-12(16-11(8)13)9-5-14-6-17-9/h2-6H,1H3,(H2,13,15,16). The molecular weight excluding hydrogens is 232 g/mol. The van der Waals surface area contributed by atoms with Crippen LogP contribution in [0.5, 0.6) is 0 Å².